The van der Waals surface area contributed by atoms with E-state index in [1.807, 2.05) is 0 Å². The highest BCUT2D eigenvalue weighted by atomic mass is 16.7. The van der Waals surface area contributed by atoms with Crippen molar-refractivity contribution in [1.82, 2.24) is 0 Å². The molecule has 7 nitrogen and oxygen atoms in total. The molecule has 0 spiro atoms. The van der Waals surface area contributed by atoms with E-state index in [4.69, 9.17) is 14.6 Å². The Labute approximate surface area is 186 Å². The highest BCUT2D eigenvalue weighted by Crippen LogP contribution is 2.22. The summed E-state index contributed by atoms with van der Waals surface area (Å²) in [7, 11) is 0. The van der Waals surface area contributed by atoms with Crippen molar-refractivity contribution in [2.45, 2.75) is 102 Å². The van der Waals surface area contributed by atoms with Gasteiger partial charge >= 0.3 is 5.97 Å². The van der Waals surface area contributed by atoms with Gasteiger partial charge < -0.3 is 29.9 Å². The average Bonchev–Trinajstić information content (AvgIpc) is 2.76. The van der Waals surface area contributed by atoms with Crippen molar-refractivity contribution in [2.75, 3.05) is 6.61 Å². The summed E-state index contributed by atoms with van der Waals surface area (Å²) in [6.07, 6.45) is 15.2. The monoisotopic (exact) mass is 440 g/mol. The Hall–Kier alpha value is -1.51. The topological polar surface area (TPSA) is 116 Å². The van der Waals surface area contributed by atoms with Crippen molar-refractivity contribution in [1.29, 1.82) is 0 Å². The number of rotatable bonds is 15. The van der Waals surface area contributed by atoms with Gasteiger partial charge in [0.2, 0.25) is 6.29 Å². The van der Waals surface area contributed by atoms with Gasteiger partial charge in [0.25, 0.3) is 0 Å². The summed E-state index contributed by atoms with van der Waals surface area (Å²) < 4.78 is 10.2. The smallest absolute Gasteiger partial charge is 0.308 e. The second-order valence-corrected chi connectivity index (χ2v) is 7.79. The Morgan fingerprint density at radius 3 is 2.13 bits per heavy atom. The largest absolute Gasteiger partial charge is 0.433 e. The summed E-state index contributed by atoms with van der Waals surface area (Å²) in [4.78, 5) is 11.9. The van der Waals surface area contributed by atoms with E-state index in [0.29, 0.717) is 6.42 Å². The molecule has 1 fully saturated rings. The van der Waals surface area contributed by atoms with Gasteiger partial charge in [0.1, 0.15) is 24.4 Å². The fraction of sp³-hybridized carbons (Fsp3) is 0.708. The minimum Gasteiger partial charge on any atom is -0.433 e. The number of carbonyl (C=O) groups is 1. The molecule has 0 bridgehead atoms. The summed E-state index contributed by atoms with van der Waals surface area (Å²) in [6.45, 7) is 1.58. The van der Waals surface area contributed by atoms with E-state index < -0.39 is 43.3 Å². The first-order valence-corrected chi connectivity index (χ1v) is 11.5. The van der Waals surface area contributed by atoms with E-state index in [0.717, 1.165) is 51.4 Å². The first-order valence-electron chi connectivity index (χ1n) is 11.5. The van der Waals surface area contributed by atoms with Crippen LogP contribution >= 0.6 is 0 Å². The van der Waals surface area contributed by atoms with Crippen LogP contribution in [0.4, 0.5) is 0 Å². The number of esters is 1. The van der Waals surface area contributed by atoms with Crippen molar-refractivity contribution in [3.63, 3.8) is 0 Å². The maximum absolute atomic E-state index is 11.9. The van der Waals surface area contributed by atoms with Gasteiger partial charge in [0, 0.05) is 6.42 Å². The zero-order valence-corrected chi connectivity index (χ0v) is 18.6. The second-order valence-electron chi connectivity index (χ2n) is 7.79. The first-order chi connectivity index (χ1) is 15.0. The summed E-state index contributed by atoms with van der Waals surface area (Å²) in [5.41, 5.74) is 0. The molecule has 0 aromatic carbocycles. The molecular weight excluding hydrogens is 400 g/mol. The third kappa shape index (κ3) is 11.6. The fourth-order valence-electron chi connectivity index (χ4n) is 3.24. The quantitative estimate of drug-likeness (QED) is 0.176. The lowest BCUT2D eigenvalue weighted by Crippen LogP contribution is -2.59. The SMILES string of the molecule is CCC=CCC=CCC=CCCCCCCCC(=O)OC1O[C@H](CO)[C@@H](O)[C@H](O)[C@H]1O. The van der Waals surface area contributed by atoms with Crippen molar-refractivity contribution in [3.05, 3.63) is 36.5 Å². The molecular formula is C24H40O7. The van der Waals surface area contributed by atoms with Crippen LogP contribution in [0, 0.1) is 0 Å². The maximum Gasteiger partial charge on any atom is 0.308 e. The summed E-state index contributed by atoms with van der Waals surface area (Å²) in [6, 6.07) is 0. The molecule has 5 atom stereocenters. The molecule has 0 saturated carbocycles. The van der Waals surface area contributed by atoms with Gasteiger partial charge in [-0.3, -0.25) is 4.79 Å². The average molecular weight is 441 g/mol. The lowest BCUT2D eigenvalue weighted by atomic mass is 9.99. The van der Waals surface area contributed by atoms with Crippen LogP contribution in [0.5, 0.6) is 0 Å². The van der Waals surface area contributed by atoms with E-state index in [1.165, 1.54) is 0 Å². The molecule has 1 unspecified atom stereocenters. The third-order valence-corrected chi connectivity index (χ3v) is 5.13. The molecule has 1 aliphatic heterocycles. The van der Waals surface area contributed by atoms with Crippen LogP contribution in [0.3, 0.4) is 0 Å². The van der Waals surface area contributed by atoms with Gasteiger partial charge in [-0.25, -0.2) is 0 Å². The van der Waals surface area contributed by atoms with Gasteiger partial charge in [0.05, 0.1) is 6.61 Å². The molecule has 1 saturated heterocycles. The van der Waals surface area contributed by atoms with E-state index >= 15 is 0 Å². The number of carbonyl (C=O) groups excluding carboxylic acids is 1. The fourth-order valence-corrected chi connectivity index (χ4v) is 3.24. The van der Waals surface area contributed by atoms with E-state index in [1.54, 1.807) is 0 Å². The molecule has 0 amide bonds. The standard InChI is InChI=1S/C24H40O7/c1-2-3-4-5-6-7-8-9-10-11-12-13-14-15-16-17-20(26)31-24-23(29)22(28)21(27)19(18-25)30-24/h3-4,6-7,9-10,19,21-25,27-29H,2,5,8,11-18H2,1H3/t19-,21-,22+,23-,24?/m1/s1. The molecule has 0 radical (unpaired) electrons. The molecule has 4 N–H and O–H groups in total. The summed E-state index contributed by atoms with van der Waals surface area (Å²) >= 11 is 0. The maximum atomic E-state index is 11.9. The van der Waals surface area contributed by atoms with Gasteiger partial charge in [-0.2, -0.15) is 0 Å². The minimum atomic E-state index is -1.55. The molecule has 0 aliphatic carbocycles. The molecule has 1 rings (SSSR count). The lowest BCUT2D eigenvalue weighted by molar-refractivity contribution is -0.292. The first kappa shape index (κ1) is 27.5. The van der Waals surface area contributed by atoms with Gasteiger partial charge in [0.15, 0.2) is 0 Å². The van der Waals surface area contributed by atoms with Gasteiger partial charge in [-0.1, -0.05) is 62.6 Å². The summed E-state index contributed by atoms with van der Waals surface area (Å²) in [5.74, 6) is -0.537. The molecule has 178 valence electrons. The number of allylic oxidation sites excluding steroid dienone is 6. The Bertz CT molecular complexity index is 556. The minimum absolute atomic E-state index is 0.189. The van der Waals surface area contributed by atoms with Crippen LogP contribution in [0.15, 0.2) is 36.5 Å². The Morgan fingerprint density at radius 1 is 0.839 bits per heavy atom. The van der Waals surface area contributed by atoms with Gasteiger partial charge in [-0.15, -0.1) is 0 Å². The van der Waals surface area contributed by atoms with Crippen molar-refractivity contribution >= 4 is 5.97 Å². The predicted molar refractivity (Wildman–Crippen MR) is 119 cm³/mol. The van der Waals surface area contributed by atoms with E-state index in [2.05, 4.69) is 43.4 Å². The zero-order valence-electron chi connectivity index (χ0n) is 18.6. The number of hydrogen-bond acceptors (Lipinski definition) is 7. The van der Waals surface area contributed by atoms with Crippen molar-refractivity contribution in [2.24, 2.45) is 0 Å². The molecule has 1 heterocycles. The van der Waals surface area contributed by atoms with Crippen LogP contribution in [0.1, 0.15) is 71.1 Å². The highest BCUT2D eigenvalue weighted by molar-refractivity contribution is 5.69. The molecule has 0 aromatic rings. The normalized spacial score (nSPS) is 26.9. The summed E-state index contributed by atoms with van der Waals surface area (Å²) in [5, 5.41) is 38.4. The Balaban J connectivity index is 2.04. The number of aliphatic hydroxyl groups excluding tert-OH is 4. The predicted octanol–water partition coefficient (Wildman–Crippen LogP) is 2.92. The zero-order chi connectivity index (χ0) is 22.9. The molecule has 0 aromatic heterocycles. The van der Waals surface area contributed by atoms with Crippen LogP contribution in [0.25, 0.3) is 0 Å². The number of aliphatic hydroxyl groups is 4. The van der Waals surface area contributed by atoms with E-state index in [-0.39, 0.29) is 6.42 Å². The highest BCUT2D eigenvalue weighted by Gasteiger charge is 2.45. The van der Waals surface area contributed by atoms with Gasteiger partial charge in [-0.05, 0) is 38.5 Å². The molecule has 1 aliphatic rings. The molecule has 7 heteroatoms. The Morgan fingerprint density at radius 2 is 1.45 bits per heavy atom. The number of unbranched alkanes of at least 4 members (excludes halogenated alkanes) is 5. The Kier molecular flexibility index (Phi) is 15.2. The number of hydrogen-bond donors (Lipinski definition) is 4. The third-order valence-electron chi connectivity index (χ3n) is 5.13. The number of ether oxygens (including phenoxy) is 2. The van der Waals surface area contributed by atoms with Crippen LogP contribution in [-0.2, 0) is 14.3 Å². The van der Waals surface area contributed by atoms with Crippen molar-refractivity contribution < 1.29 is 34.7 Å². The van der Waals surface area contributed by atoms with Crippen LogP contribution < -0.4 is 0 Å². The van der Waals surface area contributed by atoms with Crippen LogP contribution in [-0.4, -0.2) is 63.7 Å². The van der Waals surface area contributed by atoms with E-state index in [9.17, 15) is 20.1 Å². The molecule has 31 heavy (non-hydrogen) atoms. The lowest BCUT2D eigenvalue weighted by Gasteiger charge is -2.39. The second kappa shape index (κ2) is 17.1. The van der Waals surface area contributed by atoms with Crippen LogP contribution in [0.2, 0.25) is 0 Å². The van der Waals surface area contributed by atoms with Crippen molar-refractivity contribution in [3.8, 4) is 0 Å².